The van der Waals surface area contributed by atoms with Gasteiger partial charge in [-0.3, -0.25) is 0 Å². The summed E-state index contributed by atoms with van der Waals surface area (Å²) in [6, 6.07) is 0.407. The van der Waals surface area contributed by atoms with Crippen molar-refractivity contribution in [2.75, 3.05) is 11.9 Å². The molecule has 0 atom stereocenters. The Bertz CT molecular complexity index is 492. The molecule has 4 nitrogen and oxygen atoms in total. The molecule has 1 aromatic heterocycles. The first-order valence-electron chi connectivity index (χ1n) is 7.60. The van der Waals surface area contributed by atoms with Crippen LogP contribution >= 0.6 is 11.3 Å². The second-order valence-electron chi connectivity index (χ2n) is 7.51. The Hall–Kier alpha value is -1.10. The molecule has 0 saturated heterocycles. The summed E-state index contributed by atoms with van der Waals surface area (Å²) in [7, 11) is 0. The normalized spacial score (nSPS) is 21.0. The van der Waals surface area contributed by atoms with E-state index in [1.54, 1.807) is 12.3 Å². The van der Waals surface area contributed by atoms with Gasteiger partial charge >= 0.3 is 5.97 Å². The summed E-state index contributed by atoms with van der Waals surface area (Å²) >= 11 is 1.47. The summed E-state index contributed by atoms with van der Waals surface area (Å²) in [4.78, 5) is 16.0. The molecule has 0 amide bonds. The third-order valence-electron chi connectivity index (χ3n) is 3.87. The number of aromatic nitrogens is 1. The van der Waals surface area contributed by atoms with E-state index in [4.69, 9.17) is 4.74 Å². The van der Waals surface area contributed by atoms with Gasteiger partial charge < -0.3 is 10.1 Å². The van der Waals surface area contributed by atoms with Crippen molar-refractivity contribution in [3.8, 4) is 0 Å². The van der Waals surface area contributed by atoms with Crippen LogP contribution in [-0.2, 0) is 4.74 Å². The van der Waals surface area contributed by atoms with Crippen LogP contribution in [0.1, 0.15) is 64.4 Å². The first-order valence-corrected chi connectivity index (χ1v) is 8.48. The fourth-order valence-electron chi connectivity index (χ4n) is 3.76. The van der Waals surface area contributed by atoms with Gasteiger partial charge in [0, 0.05) is 11.4 Å². The Balaban J connectivity index is 2.03. The molecular formula is C16H26N2O2S. The zero-order valence-corrected chi connectivity index (χ0v) is 14.5. The maximum Gasteiger partial charge on any atom is 0.357 e. The van der Waals surface area contributed by atoms with Gasteiger partial charge in [-0.25, -0.2) is 9.78 Å². The number of anilines is 1. The molecule has 0 radical (unpaired) electrons. The first kappa shape index (κ1) is 16.3. The zero-order chi connectivity index (χ0) is 15.7. The van der Waals surface area contributed by atoms with Crippen LogP contribution < -0.4 is 5.32 Å². The monoisotopic (exact) mass is 310 g/mol. The fourth-order valence-corrected chi connectivity index (χ4v) is 4.52. The number of rotatable bonds is 4. The Morgan fingerprint density at radius 2 is 2.00 bits per heavy atom. The number of esters is 1. The average Bonchev–Trinajstić information content (AvgIpc) is 2.73. The van der Waals surface area contributed by atoms with Gasteiger partial charge in [0.1, 0.15) is 0 Å². The lowest BCUT2D eigenvalue weighted by Crippen LogP contribution is -2.40. The van der Waals surface area contributed by atoms with Gasteiger partial charge in [-0.1, -0.05) is 27.7 Å². The zero-order valence-electron chi connectivity index (χ0n) is 13.7. The van der Waals surface area contributed by atoms with Gasteiger partial charge in [0.25, 0.3) is 0 Å². The molecule has 2 rings (SSSR count). The quantitative estimate of drug-likeness (QED) is 0.841. The molecule has 118 valence electrons. The van der Waals surface area contributed by atoms with Crippen molar-refractivity contribution in [1.29, 1.82) is 0 Å². The second-order valence-corrected chi connectivity index (χ2v) is 8.37. The van der Waals surface area contributed by atoms with Gasteiger partial charge in [-0.15, -0.1) is 11.3 Å². The third-order valence-corrected chi connectivity index (χ3v) is 4.64. The predicted molar refractivity (Wildman–Crippen MR) is 86.9 cm³/mol. The summed E-state index contributed by atoms with van der Waals surface area (Å²) in [5.74, 6) is -0.342. The number of nitrogens with one attached hydrogen (secondary N) is 1. The molecule has 0 spiro atoms. The van der Waals surface area contributed by atoms with Crippen molar-refractivity contribution < 1.29 is 9.53 Å². The Morgan fingerprint density at radius 3 is 2.57 bits per heavy atom. The number of carbonyl (C=O) groups is 1. The van der Waals surface area contributed by atoms with Crippen molar-refractivity contribution in [2.45, 2.75) is 59.9 Å². The number of ether oxygens (including phenoxy) is 1. The van der Waals surface area contributed by atoms with Crippen molar-refractivity contribution >= 4 is 22.4 Å². The van der Waals surface area contributed by atoms with E-state index >= 15 is 0 Å². The largest absolute Gasteiger partial charge is 0.461 e. The van der Waals surface area contributed by atoms with Crippen LogP contribution in [0.3, 0.4) is 0 Å². The SMILES string of the molecule is CCOC(=O)c1csc(NC2CC(C)(C)CC(C)(C)C2)n1. The summed E-state index contributed by atoms with van der Waals surface area (Å²) < 4.78 is 4.97. The fraction of sp³-hybridized carbons (Fsp3) is 0.750. The lowest BCUT2D eigenvalue weighted by atomic mass is 9.63. The van der Waals surface area contributed by atoms with Crippen LogP contribution in [0.2, 0.25) is 0 Å². The molecule has 1 heterocycles. The number of hydrogen-bond donors (Lipinski definition) is 1. The van der Waals surface area contributed by atoms with Gasteiger partial charge in [0.2, 0.25) is 0 Å². The number of hydrogen-bond acceptors (Lipinski definition) is 5. The highest BCUT2D eigenvalue weighted by atomic mass is 32.1. The molecular weight excluding hydrogens is 284 g/mol. The molecule has 5 heteroatoms. The van der Waals surface area contributed by atoms with Crippen LogP contribution in [0.5, 0.6) is 0 Å². The van der Waals surface area contributed by atoms with Crippen LogP contribution in [0.25, 0.3) is 0 Å². The van der Waals surface area contributed by atoms with Crippen molar-refractivity contribution in [3.63, 3.8) is 0 Å². The molecule has 1 fully saturated rings. The molecule has 0 aliphatic heterocycles. The van der Waals surface area contributed by atoms with E-state index in [1.807, 2.05) is 0 Å². The van der Waals surface area contributed by atoms with Gasteiger partial charge in [0.05, 0.1) is 6.61 Å². The van der Waals surface area contributed by atoms with Crippen molar-refractivity contribution in [3.05, 3.63) is 11.1 Å². The summed E-state index contributed by atoms with van der Waals surface area (Å²) in [5, 5.41) is 6.09. The van der Waals surface area contributed by atoms with Crippen LogP contribution in [0, 0.1) is 10.8 Å². The number of thiazole rings is 1. The highest BCUT2D eigenvalue weighted by Crippen LogP contribution is 2.46. The minimum atomic E-state index is -0.342. The summed E-state index contributed by atoms with van der Waals surface area (Å²) in [6.07, 6.45) is 3.50. The van der Waals surface area contributed by atoms with Crippen molar-refractivity contribution in [2.24, 2.45) is 10.8 Å². The van der Waals surface area contributed by atoms with E-state index in [0.29, 0.717) is 29.2 Å². The van der Waals surface area contributed by atoms with Crippen LogP contribution in [-0.4, -0.2) is 23.6 Å². The van der Waals surface area contributed by atoms with Gasteiger partial charge in [-0.2, -0.15) is 0 Å². The molecule has 0 bridgehead atoms. The van der Waals surface area contributed by atoms with E-state index in [9.17, 15) is 4.79 Å². The predicted octanol–water partition coefficient (Wildman–Crippen LogP) is 4.34. The van der Waals surface area contributed by atoms with E-state index < -0.39 is 0 Å². The van der Waals surface area contributed by atoms with Gasteiger partial charge in [-0.05, 0) is 37.0 Å². The van der Waals surface area contributed by atoms with E-state index in [0.717, 1.165) is 18.0 Å². The number of nitrogens with zero attached hydrogens (tertiary/aromatic N) is 1. The van der Waals surface area contributed by atoms with Crippen LogP contribution in [0.4, 0.5) is 5.13 Å². The van der Waals surface area contributed by atoms with Crippen LogP contribution in [0.15, 0.2) is 5.38 Å². The Morgan fingerprint density at radius 1 is 1.38 bits per heavy atom. The standard InChI is InChI=1S/C16H26N2O2S/c1-6-20-13(19)12-9-21-14(18-12)17-11-7-15(2,3)10-16(4,5)8-11/h9,11H,6-8,10H2,1-5H3,(H,17,18). The van der Waals surface area contributed by atoms with E-state index in [-0.39, 0.29) is 5.97 Å². The molecule has 1 N–H and O–H groups in total. The smallest absolute Gasteiger partial charge is 0.357 e. The minimum Gasteiger partial charge on any atom is -0.461 e. The lowest BCUT2D eigenvalue weighted by molar-refractivity contribution is 0.0520. The summed E-state index contributed by atoms with van der Waals surface area (Å²) in [5.41, 5.74) is 1.07. The molecule has 1 aromatic rings. The molecule has 21 heavy (non-hydrogen) atoms. The van der Waals surface area contributed by atoms with E-state index in [2.05, 4.69) is 38.0 Å². The molecule has 1 saturated carbocycles. The molecule has 0 aromatic carbocycles. The highest BCUT2D eigenvalue weighted by molar-refractivity contribution is 7.13. The molecule has 0 unspecified atom stereocenters. The van der Waals surface area contributed by atoms with Crippen molar-refractivity contribution in [1.82, 2.24) is 4.98 Å². The first-order chi connectivity index (χ1) is 9.71. The lowest BCUT2D eigenvalue weighted by Gasteiger charge is -2.45. The maximum atomic E-state index is 11.7. The topological polar surface area (TPSA) is 51.2 Å². The summed E-state index contributed by atoms with van der Waals surface area (Å²) in [6.45, 7) is 11.5. The maximum absolute atomic E-state index is 11.7. The Labute approximate surface area is 131 Å². The number of carbonyl (C=O) groups excluding carboxylic acids is 1. The molecule has 1 aliphatic rings. The third kappa shape index (κ3) is 4.43. The highest BCUT2D eigenvalue weighted by Gasteiger charge is 2.38. The van der Waals surface area contributed by atoms with E-state index in [1.165, 1.54) is 17.8 Å². The average molecular weight is 310 g/mol. The Kier molecular flexibility index (Phi) is 4.61. The second kappa shape index (κ2) is 5.95. The molecule has 1 aliphatic carbocycles. The van der Waals surface area contributed by atoms with Gasteiger partial charge in [0.15, 0.2) is 10.8 Å². The minimum absolute atomic E-state index is 0.334.